The lowest BCUT2D eigenvalue weighted by atomic mass is 9.90. The fourth-order valence-electron chi connectivity index (χ4n) is 3.70. The molecule has 0 aliphatic carbocycles. The number of hydrogen-bond acceptors (Lipinski definition) is 3. The van der Waals surface area contributed by atoms with Crippen LogP contribution in [0.4, 0.5) is 0 Å². The van der Waals surface area contributed by atoms with E-state index in [4.69, 9.17) is 4.99 Å². The minimum Gasteiger partial charge on any atom is -0.508 e. The third kappa shape index (κ3) is 3.03. The molecule has 0 amide bonds. The van der Waals surface area contributed by atoms with E-state index in [9.17, 15) is 5.11 Å². The summed E-state index contributed by atoms with van der Waals surface area (Å²) >= 11 is 0. The van der Waals surface area contributed by atoms with E-state index in [1.165, 1.54) is 16.3 Å². The van der Waals surface area contributed by atoms with Crippen LogP contribution < -0.4 is 5.32 Å². The van der Waals surface area contributed by atoms with Crippen molar-refractivity contribution in [2.24, 2.45) is 4.99 Å². The summed E-state index contributed by atoms with van der Waals surface area (Å²) in [6.45, 7) is 4.15. The van der Waals surface area contributed by atoms with Crippen LogP contribution in [0, 0.1) is 0 Å². The summed E-state index contributed by atoms with van der Waals surface area (Å²) in [5.41, 5.74) is 2.78. The Morgan fingerprint density at radius 3 is 2.52 bits per heavy atom. The number of phenols is 1. The van der Waals surface area contributed by atoms with E-state index >= 15 is 0 Å². The van der Waals surface area contributed by atoms with E-state index in [2.05, 4.69) is 61.6 Å². The van der Waals surface area contributed by atoms with E-state index in [-0.39, 0.29) is 6.04 Å². The normalized spacial score (nSPS) is 19.6. The van der Waals surface area contributed by atoms with Gasteiger partial charge in [0.05, 0.1) is 0 Å². The van der Waals surface area contributed by atoms with Gasteiger partial charge in [-0.15, -0.1) is 0 Å². The Hall–Kier alpha value is -2.65. The van der Waals surface area contributed by atoms with Crippen LogP contribution in [-0.2, 0) is 0 Å². The SMILES string of the molecule is CC1(C)N=C(c2cccc3ccccc23)C[C@H](c2ccccc2O)N1. The molecule has 0 aromatic heterocycles. The highest BCUT2D eigenvalue weighted by atomic mass is 16.3. The lowest BCUT2D eigenvalue weighted by Crippen LogP contribution is -2.45. The third-order valence-electron chi connectivity index (χ3n) is 4.75. The second kappa shape index (κ2) is 6.01. The molecule has 0 bridgehead atoms. The van der Waals surface area contributed by atoms with E-state index in [0.29, 0.717) is 5.75 Å². The molecule has 126 valence electrons. The standard InChI is InChI=1S/C22H22N2O/c1-22(2)23-19(14-20(24-22)18-11-5-6-13-21(18)25)17-12-7-9-15-8-3-4-10-16(15)17/h3-13,20,24-25H,14H2,1-2H3/t20-/m1/s1. The van der Waals surface area contributed by atoms with Gasteiger partial charge in [0.2, 0.25) is 0 Å². The number of phenolic OH excluding ortho intramolecular Hbond substituents is 1. The van der Waals surface area contributed by atoms with Crippen molar-refractivity contribution in [2.45, 2.75) is 32.0 Å². The lowest BCUT2D eigenvalue weighted by molar-refractivity contribution is 0.328. The van der Waals surface area contributed by atoms with Gasteiger partial charge in [0.15, 0.2) is 0 Å². The van der Waals surface area contributed by atoms with Crippen LogP contribution >= 0.6 is 0 Å². The van der Waals surface area contributed by atoms with Crippen LogP contribution in [0.5, 0.6) is 5.75 Å². The number of rotatable bonds is 2. The van der Waals surface area contributed by atoms with Crippen LogP contribution in [0.2, 0.25) is 0 Å². The number of para-hydroxylation sites is 1. The predicted octanol–water partition coefficient (Wildman–Crippen LogP) is 4.81. The molecule has 1 aliphatic rings. The number of fused-ring (bicyclic) bond motifs is 1. The molecular weight excluding hydrogens is 308 g/mol. The van der Waals surface area contributed by atoms with Crippen molar-refractivity contribution in [3.8, 4) is 5.75 Å². The second-order valence-electron chi connectivity index (χ2n) is 7.10. The fourth-order valence-corrected chi connectivity index (χ4v) is 3.70. The van der Waals surface area contributed by atoms with Crippen LogP contribution in [0.25, 0.3) is 10.8 Å². The van der Waals surface area contributed by atoms with Gasteiger partial charge in [0.1, 0.15) is 11.4 Å². The van der Waals surface area contributed by atoms with Crippen molar-refractivity contribution in [1.82, 2.24) is 5.32 Å². The number of nitrogens with one attached hydrogen (secondary N) is 1. The monoisotopic (exact) mass is 330 g/mol. The fraction of sp³-hybridized carbons (Fsp3) is 0.227. The number of nitrogens with zero attached hydrogens (tertiary/aromatic N) is 1. The molecule has 0 fully saturated rings. The maximum absolute atomic E-state index is 10.3. The molecular formula is C22H22N2O. The highest BCUT2D eigenvalue weighted by Gasteiger charge is 2.31. The van der Waals surface area contributed by atoms with Crippen molar-refractivity contribution in [1.29, 1.82) is 0 Å². The quantitative estimate of drug-likeness (QED) is 0.708. The Bertz CT molecular complexity index is 954. The maximum atomic E-state index is 10.3. The summed E-state index contributed by atoms with van der Waals surface area (Å²) in [5.74, 6) is 0.329. The van der Waals surface area contributed by atoms with Gasteiger partial charge in [-0.05, 0) is 30.7 Å². The van der Waals surface area contributed by atoms with E-state index < -0.39 is 5.66 Å². The van der Waals surface area contributed by atoms with Crippen LogP contribution in [0.15, 0.2) is 71.7 Å². The first-order chi connectivity index (χ1) is 12.0. The van der Waals surface area contributed by atoms with Crippen molar-refractivity contribution in [3.63, 3.8) is 0 Å². The molecule has 0 spiro atoms. The minimum absolute atomic E-state index is 0.0302. The first kappa shape index (κ1) is 15.9. The predicted molar refractivity (Wildman–Crippen MR) is 103 cm³/mol. The molecule has 1 atom stereocenters. The number of aliphatic imine (C=N–C) groups is 1. The van der Waals surface area contributed by atoms with Gasteiger partial charge in [-0.25, -0.2) is 0 Å². The first-order valence-electron chi connectivity index (χ1n) is 8.66. The lowest BCUT2D eigenvalue weighted by Gasteiger charge is -2.35. The van der Waals surface area contributed by atoms with Gasteiger partial charge in [-0.2, -0.15) is 0 Å². The summed E-state index contributed by atoms with van der Waals surface area (Å²) in [5, 5.41) is 16.3. The number of benzene rings is 3. The van der Waals surface area contributed by atoms with E-state index in [1.807, 2.05) is 18.2 Å². The molecule has 4 rings (SSSR count). The van der Waals surface area contributed by atoms with Gasteiger partial charge in [0.25, 0.3) is 0 Å². The average Bonchev–Trinajstić information content (AvgIpc) is 2.60. The van der Waals surface area contributed by atoms with Crippen molar-refractivity contribution in [2.75, 3.05) is 0 Å². The Morgan fingerprint density at radius 2 is 1.68 bits per heavy atom. The summed E-state index contributed by atoms with van der Waals surface area (Å²) < 4.78 is 0. The molecule has 25 heavy (non-hydrogen) atoms. The minimum atomic E-state index is -0.391. The summed E-state index contributed by atoms with van der Waals surface area (Å²) in [4.78, 5) is 4.96. The molecule has 3 nitrogen and oxygen atoms in total. The van der Waals surface area contributed by atoms with E-state index in [0.717, 1.165) is 17.7 Å². The molecule has 0 saturated heterocycles. The molecule has 0 unspecified atom stereocenters. The Balaban J connectivity index is 1.81. The molecule has 0 saturated carbocycles. The zero-order chi connectivity index (χ0) is 17.4. The summed E-state index contributed by atoms with van der Waals surface area (Å²) in [6, 6.07) is 22.3. The Labute approximate surface area is 148 Å². The Morgan fingerprint density at radius 1 is 0.960 bits per heavy atom. The zero-order valence-electron chi connectivity index (χ0n) is 14.5. The molecule has 0 radical (unpaired) electrons. The maximum Gasteiger partial charge on any atom is 0.120 e. The summed E-state index contributed by atoms with van der Waals surface area (Å²) in [6.07, 6.45) is 0.745. The van der Waals surface area contributed by atoms with Crippen LogP contribution in [0.3, 0.4) is 0 Å². The van der Waals surface area contributed by atoms with Crippen molar-refractivity contribution >= 4 is 16.5 Å². The van der Waals surface area contributed by atoms with Gasteiger partial charge >= 0.3 is 0 Å². The molecule has 3 aromatic rings. The van der Waals surface area contributed by atoms with Gasteiger partial charge in [0, 0.05) is 29.3 Å². The highest BCUT2D eigenvalue weighted by Crippen LogP contribution is 2.34. The molecule has 1 heterocycles. The molecule has 1 aliphatic heterocycles. The molecule has 3 aromatic carbocycles. The van der Waals surface area contributed by atoms with Gasteiger partial charge < -0.3 is 5.11 Å². The second-order valence-corrected chi connectivity index (χ2v) is 7.10. The van der Waals surface area contributed by atoms with Crippen molar-refractivity contribution < 1.29 is 5.11 Å². The summed E-state index contributed by atoms with van der Waals surface area (Å²) in [7, 11) is 0. The molecule has 2 N–H and O–H groups in total. The third-order valence-corrected chi connectivity index (χ3v) is 4.75. The van der Waals surface area contributed by atoms with Crippen LogP contribution in [0.1, 0.15) is 37.4 Å². The Kier molecular flexibility index (Phi) is 3.81. The highest BCUT2D eigenvalue weighted by molar-refractivity contribution is 6.11. The van der Waals surface area contributed by atoms with Crippen molar-refractivity contribution in [3.05, 3.63) is 77.9 Å². The topological polar surface area (TPSA) is 44.6 Å². The smallest absolute Gasteiger partial charge is 0.120 e. The van der Waals surface area contributed by atoms with E-state index in [1.54, 1.807) is 6.07 Å². The van der Waals surface area contributed by atoms with Crippen LogP contribution in [-0.4, -0.2) is 16.5 Å². The van der Waals surface area contributed by atoms with Gasteiger partial charge in [-0.3, -0.25) is 10.3 Å². The number of aromatic hydroxyl groups is 1. The number of hydrogen-bond donors (Lipinski definition) is 2. The largest absolute Gasteiger partial charge is 0.508 e. The average molecular weight is 330 g/mol. The zero-order valence-corrected chi connectivity index (χ0v) is 14.5. The van der Waals surface area contributed by atoms with Gasteiger partial charge in [-0.1, -0.05) is 60.7 Å². The first-order valence-corrected chi connectivity index (χ1v) is 8.66. The molecule has 3 heteroatoms.